The SMILES string of the molecule is CNC(=O)C1(Cc2cccc(-c3cccs3)c2)CCN(C(=O)C(C)(C)C)CC1. The van der Waals surface area contributed by atoms with Crippen molar-refractivity contribution in [1.82, 2.24) is 10.2 Å². The summed E-state index contributed by atoms with van der Waals surface area (Å²) in [7, 11) is 1.71. The van der Waals surface area contributed by atoms with Gasteiger partial charge in [0.05, 0.1) is 5.41 Å². The largest absolute Gasteiger partial charge is 0.359 e. The fourth-order valence-electron chi connectivity index (χ4n) is 4.03. The van der Waals surface area contributed by atoms with Crippen molar-refractivity contribution in [2.75, 3.05) is 20.1 Å². The molecule has 1 saturated heterocycles. The van der Waals surface area contributed by atoms with Crippen LogP contribution in [0.25, 0.3) is 10.4 Å². The Labute approximate surface area is 172 Å². The molecular formula is C23H30N2O2S. The zero-order valence-electron chi connectivity index (χ0n) is 17.2. The van der Waals surface area contributed by atoms with Gasteiger partial charge in [0.1, 0.15) is 0 Å². The topological polar surface area (TPSA) is 49.4 Å². The minimum Gasteiger partial charge on any atom is -0.359 e. The highest BCUT2D eigenvalue weighted by molar-refractivity contribution is 7.13. The zero-order valence-corrected chi connectivity index (χ0v) is 18.1. The number of amides is 2. The highest BCUT2D eigenvalue weighted by Crippen LogP contribution is 2.37. The van der Waals surface area contributed by atoms with Gasteiger partial charge in [0.25, 0.3) is 0 Å². The molecule has 1 aromatic heterocycles. The standard InChI is InChI=1S/C23H30N2O2S/c1-22(2,3)21(27)25-12-10-23(11-13-25,20(26)24-4)16-17-7-5-8-18(15-17)19-9-6-14-28-19/h5-9,14-15H,10-13,16H2,1-4H3,(H,24,26). The van der Waals surface area contributed by atoms with Gasteiger partial charge in [-0.25, -0.2) is 0 Å². The van der Waals surface area contributed by atoms with Gasteiger partial charge < -0.3 is 10.2 Å². The summed E-state index contributed by atoms with van der Waals surface area (Å²) in [4.78, 5) is 28.7. The first-order valence-electron chi connectivity index (χ1n) is 9.90. The summed E-state index contributed by atoms with van der Waals surface area (Å²) >= 11 is 1.72. The van der Waals surface area contributed by atoms with Crippen LogP contribution in [-0.2, 0) is 16.0 Å². The summed E-state index contributed by atoms with van der Waals surface area (Å²) in [5.74, 6) is 0.245. The van der Waals surface area contributed by atoms with Crippen molar-refractivity contribution in [3.63, 3.8) is 0 Å². The van der Waals surface area contributed by atoms with E-state index in [0.717, 1.165) is 0 Å². The van der Waals surface area contributed by atoms with E-state index in [2.05, 4.69) is 47.1 Å². The number of nitrogens with zero attached hydrogens (tertiary/aromatic N) is 1. The van der Waals surface area contributed by atoms with E-state index in [1.54, 1.807) is 18.4 Å². The van der Waals surface area contributed by atoms with Crippen molar-refractivity contribution < 1.29 is 9.59 Å². The summed E-state index contributed by atoms with van der Waals surface area (Å²) in [6.07, 6.45) is 2.08. The monoisotopic (exact) mass is 398 g/mol. The molecule has 0 atom stereocenters. The van der Waals surface area contributed by atoms with Crippen LogP contribution in [-0.4, -0.2) is 36.9 Å². The average molecular weight is 399 g/mol. The van der Waals surface area contributed by atoms with Crippen LogP contribution in [0.5, 0.6) is 0 Å². The molecule has 3 rings (SSSR count). The molecule has 0 radical (unpaired) electrons. The second-order valence-electron chi connectivity index (χ2n) is 8.76. The van der Waals surface area contributed by atoms with Crippen LogP contribution in [0.15, 0.2) is 41.8 Å². The number of thiophene rings is 1. The molecule has 1 aliphatic rings. The number of likely N-dealkylation sites (tertiary alicyclic amines) is 1. The number of carbonyl (C=O) groups is 2. The third-order valence-electron chi connectivity index (χ3n) is 5.63. The van der Waals surface area contributed by atoms with E-state index >= 15 is 0 Å². The van der Waals surface area contributed by atoms with Crippen molar-refractivity contribution in [3.8, 4) is 10.4 Å². The first kappa shape index (κ1) is 20.6. The van der Waals surface area contributed by atoms with Gasteiger partial charge in [-0.3, -0.25) is 9.59 Å². The lowest BCUT2D eigenvalue weighted by Crippen LogP contribution is -2.52. The Kier molecular flexibility index (Phi) is 5.94. The molecule has 5 heteroatoms. The first-order valence-corrected chi connectivity index (χ1v) is 10.8. The van der Waals surface area contributed by atoms with Gasteiger partial charge in [0.15, 0.2) is 0 Å². The summed E-state index contributed by atoms with van der Waals surface area (Å²) in [6, 6.07) is 12.7. The molecule has 2 amide bonds. The maximum atomic E-state index is 12.9. The van der Waals surface area contributed by atoms with Crippen LogP contribution >= 0.6 is 11.3 Å². The van der Waals surface area contributed by atoms with Crippen molar-refractivity contribution >= 4 is 23.2 Å². The number of hydrogen-bond acceptors (Lipinski definition) is 3. The molecule has 1 aromatic carbocycles. The highest BCUT2D eigenvalue weighted by Gasteiger charge is 2.43. The van der Waals surface area contributed by atoms with E-state index in [0.29, 0.717) is 32.4 Å². The Hall–Kier alpha value is -2.14. The fourth-order valence-corrected chi connectivity index (χ4v) is 4.75. The third kappa shape index (κ3) is 4.30. The maximum Gasteiger partial charge on any atom is 0.227 e. The fraction of sp³-hybridized carbons (Fsp3) is 0.478. The Bertz CT molecular complexity index is 829. The average Bonchev–Trinajstić information content (AvgIpc) is 3.21. The van der Waals surface area contributed by atoms with Gasteiger partial charge in [-0.05, 0) is 41.8 Å². The summed E-state index contributed by atoms with van der Waals surface area (Å²) in [5, 5.41) is 4.95. The molecule has 1 aliphatic heterocycles. The van der Waals surface area contributed by atoms with Gasteiger partial charge in [-0.15, -0.1) is 11.3 Å². The van der Waals surface area contributed by atoms with Crippen LogP contribution in [0.3, 0.4) is 0 Å². The molecule has 0 saturated carbocycles. The lowest BCUT2D eigenvalue weighted by atomic mass is 9.72. The normalized spacial score (nSPS) is 16.6. The molecular weight excluding hydrogens is 368 g/mol. The maximum absolute atomic E-state index is 12.9. The quantitative estimate of drug-likeness (QED) is 0.832. The van der Waals surface area contributed by atoms with Gasteiger partial charge in [0, 0.05) is 30.4 Å². The van der Waals surface area contributed by atoms with Gasteiger partial charge >= 0.3 is 0 Å². The second kappa shape index (κ2) is 8.08. The number of benzene rings is 1. The van der Waals surface area contributed by atoms with Crippen molar-refractivity contribution in [2.45, 2.75) is 40.0 Å². The van der Waals surface area contributed by atoms with E-state index in [1.807, 2.05) is 25.7 Å². The molecule has 0 spiro atoms. The molecule has 2 heterocycles. The Balaban J connectivity index is 1.80. The van der Waals surface area contributed by atoms with Crippen molar-refractivity contribution in [3.05, 3.63) is 47.3 Å². The lowest BCUT2D eigenvalue weighted by Gasteiger charge is -2.42. The summed E-state index contributed by atoms with van der Waals surface area (Å²) < 4.78 is 0. The molecule has 2 aromatic rings. The van der Waals surface area contributed by atoms with Crippen LogP contribution in [0.2, 0.25) is 0 Å². The Morgan fingerprint density at radius 2 is 1.86 bits per heavy atom. The zero-order chi connectivity index (χ0) is 20.4. The van der Waals surface area contributed by atoms with Gasteiger partial charge in [-0.2, -0.15) is 0 Å². The molecule has 4 nitrogen and oxygen atoms in total. The van der Waals surface area contributed by atoms with E-state index in [9.17, 15) is 9.59 Å². The lowest BCUT2D eigenvalue weighted by molar-refractivity contribution is -0.145. The predicted molar refractivity (Wildman–Crippen MR) is 115 cm³/mol. The molecule has 28 heavy (non-hydrogen) atoms. The van der Waals surface area contributed by atoms with Gasteiger partial charge in [-0.1, -0.05) is 51.1 Å². The minimum absolute atomic E-state index is 0.0804. The predicted octanol–water partition coefficient (Wildman–Crippen LogP) is 4.36. The highest BCUT2D eigenvalue weighted by atomic mass is 32.1. The molecule has 0 aliphatic carbocycles. The van der Waals surface area contributed by atoms with Crippen LogP contribution in [0, 0.1) is 10.8 Å². The molecule has 1 fully saturated rings. The molecule has 1 N–H and O–H groups in total. The van der Waals surface area contributed by atoms with Crippen LogP contribution in [0.1, 0.15) is 39.2 Å². The van der Waals surface area contributed by atoms with E-state index in [1.165, 1.54) is 16.0 Å². The Morgan fingerprint density at radius 3 is 2.43 bits per heavy atom. The number of hydrogen-bond donors (Lipinski definition) is 1. The Morgan fingerprint density at radius 1 is 1.14 bits per heavy atom. The van der Waals surface area contributed by atoms with Crippen molar-refractivity contribution in [1.29, 1.82) is 0 Å². The number of nitrogens with one attached hydrogen (secondary N) is 1. The molecule has 0 unspecified atom stereocenters. The molecule has 0 bridgehead atoms. The second-order valence-corrected chi connectivity index (χ2v) is 9.70. The number of carbonyl (C=O) groups excluding carboxylic acids is 2. The smallest absolute Gasteiger partial charge is 0.227 e. The van der Waals surface area contributed by atoms with E-state index in [-0.39, 0.29) is 17.2 Å². The minimum atomic E-state index is -0.461. The molecule has 150 valence electrons. The number of piperidine rings is 1. The van der Waals surface area contributed by atoms with E-state index < -0.39 is 5.41 Å². The van der Waals surface area contributed by atoms with E-state index in [4.69, 9.17) is 0 Å². The number of rotatable bonds is 4. The van der Waals surface area contributed by atoms with Crippen LogP contribution in [0.4, 0.5) is 0 Å². The van der Waals surface area contributed by atoms with Gasteiger partial charge in [0.2, 0.25) is 11.8 Å². The summed E-state index contributed by atoms with van der Waals surface area (Å²) in [5.41, 5.74) is 1.52. The van der Waals surface area contributed by atoms with Crippen molar-refractivity contribution in [2.24, 2.45) is 10.8 Å². The van der Waals surface area contributed by atoms with Crippen LogP contribution < -0.4 is 5.32 Å². The third-order valence-corrected chi connectivity index (χ3v) is 6.55. The first-order chi connectivity index (χ1) is 13.2. The summed E-state index contributed by atoms with van der Waals surface area (Å²) in [6.45, 7) is 7.12.